The van der Waals surface area contributed by atoms with E-state index in [1.54, 1.807) is 0 Å². The fraction of sp³-hybridized carbons (Fsp3) is 1.00. The standard InChI is InChI=1S/C15H26O/c1-10(2)14(16)9-15-6-11-3-12(7-15)5-13(4-11)8-15/h10-14,16H,3-9H2,1-2H3. The largest absolute Gasteiger partial charge is 0.393 e. The van der Waals surface area contributed by atoms with Gasteiger partial charge in [-0.05, 0) is 74.0 Å². The number of hydrogen-bond donors (Lipinski definition) is 1. The number of hydrogen-bond acceptors (Lipinski definition) is 1. The van der Waals surface area contributed by atoms with E-state index in [4.69, 9.17) is 0 Å². The summed E-state index contributed by atoms with van der Waals surface area (Å²) in [5.41, 5.74) is 0.554. The topological polar surface area (TPSA) is 20.2 Å². The molecule has 0 spiro atoms. The molecule has 4 rings (SSSR count). The van der Waals surface area contributed by atoms with Crippen molar-refractivity contribution in [3.05, 3.63) is 0 Å². The Balaban J connectivity index is 1.73. The number of rotatable bonds is 3. The summed E-state index contributed by atoms with van der Waals surface area (Å²) in [6.45, 7) is 4.32. The first kappa shape index (κ1) is 11.1. The first-order valence-corrected chi connectivity index (χ1v) is 7.24. The van der Waals surface area contributed by atoms with Crippen LogP contribution in [-0.4, -0.2) is 11.2 Å². The lowest BCUT2D eigenvalue weighted by Gasteiger charge is -2.57. The van der Waals surface area contributed by atoms with Gasteiger partial charge in [0.15, 0.2) is 0 Å². The van der Waals surface area contributed by atoms with E-state index in [0.29, 0.717) is 11.3 Å². The molecule has 16 heavy (non-hydrogen) atoms. The van der Waals surface area contributed by atoms with Gasteiger partial charge in [0.2, 0.25) is 0 Å². The van der Waals surface area contributed by atoms with E-state index in [-0.39, 0.29) is 6.10 Å². The van der Waals surface area contributed by atoms with Crippen LogP contribution < -0.4 is 0 Å². The van der Waals surface area contributed by atoms with Crippen LogP contribution in [0.2, 0.25) is 0 Å². The summed E-state index contributed by atoms with van der Waals surface area (Å²) >= 11 is 0. The lowest BCUT2D eigenvalue weighted by atomic mass is 9.48. The Morgan fingerprint density at radius 3 is 1.81 bits per heavy atom. The molecule has 4 bridgehead atoms. The first-order chi connectivity index (χ1) is 7.56. The highest BCUT2D eigenvalue weighted by atomic mass is 16.3. The summed E-state index contributed by atoms with van der Waals surface area (Å²) < 4.78 is 0. The molecule has 0 aromatic heterocycles. The van der Waals surface area contributed by atoms with Gasteiger partial charge in [-0.1, -0.05) is 13.8 Å². The van der Waals surface area contributed by atoms with Crippen LogP contribution in [0.5, 0.6) is 0 Å². The maximum absolute atomic E-state index is 10.2. The van der Waals surface area contributed by atoms with Crippen molar-refractivity contribution in [1.29, 1.82) is 0 Å². The van der Waals surface area contributed by atoms with Gasteiger partial charge in [0.1, 0.15) is 0 Å². The monoisotopic (exact) mass is 222 g/mol. The van der Waals surface area contributed by atoms with Crippen molar-refractivity contribution in [2.75, 3.05) is 0 Å². The van der Waals surface area contributed by atoms with Crippen LogP contribution in [0, 0.1) is 29.1 Å². The van der Waals surface area contributed by atoms with E-state index < -0.39 is 0 Å². The second-order valence-electron chi connectivity index (χ2n) is 7.43. The van der Waals surface area contributed by atoms with Crippen LogP contribution in [0.4, 0.5) is 0 Å². The van der Waals surface area contributed by atoms with Crippen molar-refractivity contribution in [2.24, 2.45) is 29.1 Å². The van der Waals surface area contributed by atoms with Crippen LogP contribution in [0.1, 0.15) is 58.8 Å². The van der Waals surface area contributed by atoms with E-state index >= 15 is 0 Å². The Kier molecular flexibility index (Phi) is 2.58. The molecule has 0 heterocycles. The normalized spacial score (nSPS) is 47.6. The van der Waals surface area contributed by atoms with Crippen molar-refractivity contribution in [3.8, 4) is 0 Å². The van der Waals surface area contributed by atoms with Crippen molar-refractivity contribution < 1.29 is 5.11 Å². The van der Waals surface area contributed by atoms with Gasteiger partial charge in [0.05, 0.1) is 6.10 Å². The van der Waals surface area contributed by atoms with Crippen molar-refractivity contribution in [2.45, 2.75) is 64.9 Å². The molecule has 0 aliphatic heterocycles. The van der Waals surface area contributed by atoms with Gasteiger partial charge >= 0.3 is 0 Å². The molecule has 4 saturated carbocycles. The Morgan fingerprint density at radius 1 is 1.00 bits per heavy atom. The Bertz CT molecular complexity index is 233. The second kappa shape index (κ2) is 3.73. The second-order valence-corrected chi connectivity index (χ2v) is 7.43. The molecule has 4 aliphatic rings. The first-order valence-electron chi connectivity index (χ1n) is 7.24. The van der Waals surface area contributed by atoms with E-state index in [9.17, 15) is 5.11 Å². The zero-order valence-electron chi connectivity index (χ0n) is 10.8. The van der Waals surface area contributed by atoms with Crippen LogP contribution in [-0.2, 0) is 0 Å². The summed E-state index contributed by atoms with van der Waals surface area (Å²) in [7, 11) is 0. The zero-order valence-corrected chi connectivity index (χ0v) is 10.8. The van der Waals surface area contributed by atoms with Crippen LogP contribution in [0.3, 0.4) is 0 Å². The highest BCUT2D eigenvalue weighted by Gasteiger charge is 2.51. The van der Waals surface area contributed by atoms with Gasteiger partial charge in [0.25, 0.3) is 0 Å². The minimum absolute atomic E-state index is 0.0590. The maximum Gasteiger partial charge on any atom is 0.0568 e. The molecule has 1 N–H and O–H groups in total. The van der Waals surface area contributed by atoms with Gasteiger partial charge in [-0.2, -0.15) is 0 Å². The molecule has 1 atom stereocenters. The molecule has 1 heteroatoms. The molecule has 0 amide bonds. The average Bonchev–Trinajstić information content (AvgIpc) is 2.13. The summed E-state index contributed by atoms with van der Waals surface area (Å²) in [6.07, 6.45) is 9.87. The summed E-state index contributed by atoms with van der Waals surface area (Å²) in [6, 6.07) is 0. The molecule has 92 valence electrons. The van der Waals surface area contributed by atoms with Gasteiger partial charge in [-0.15, -0.1) is 0 Å². The maximum atomic E-state index is 10.2. The molecule has 0 radical (unpaired) electrons. The van der Waals surface area contributed by atoms with Crippen LogP contribution in [0.25, 0.3) is 0 Å². The lowest BCUT2D eigenvalue weighted by Crippen LogP contribution is -2.47. The summed E-state index contributed by atoms with van der Waals surface area (Å²) in [4.78, 5) is 0. The molecule has 0 aromatic carbocycles. The molecule has 0 aromatic rings. The molecule has 4 aliphatic carbocycles. The highest BCUT2D eigenvalue weighted by molar-refractivity contribution is 5.02. The third-order valence-corrected chi connectivity index (χ3v) is 5.58. The number of aliphatic hydroxyl groups is 1. The predicted octanol–water partition coefficient (Wildman–Crippen LogP) is 3.61. The fourth-order valence-corrected chi connectivity index (χ4v) is 5.22. The minimum Gasteiger partial charge on any atom is -0.393 e. The third-order valence-electron chi connectivity index (χ3n) is 5.58. The minimum atomic E-state index is -0.0590. The zero-order chi connectivity index (χ0) is 11.3. The van der Waals surface area contributed by atoms with E-state index in [1.165, 1.54) is 38.5 Å². The molecule has 0 saturated heterocycles. The van der Waals surface area contributed by atoms with Gasteiger partial charge in [0, 0.05) is 0 Å². The Morgan fingerprint density at radius 2 is 1.44 bits per heavy atom. The Labute approximate surface area is 99.6 Å². The van der Waals surface area contributed by atoms with Gasteiger partial charge < -0.3 is 5.11 Å². The van der Waals surface area contributed by atoms with E-state index in [1.807, 2.05) is 0 Å². The van der Waals surface area contributed by atoms with Crippen LogP contribution in [0.15, 0.2) is 0 Å². The highest BCUT2D eigenvalue weighted by Crippen LogP contribution is 2.61. The van der Waals surface area contributed by atoms with Crippen molar-refractivity contribution >= 4 is 0 Å². The van der Waals surface area contributed by atoms with Crippen LogP contribution >= 0.6 is 0 Å². The van der Waals surface area contributed by atoms with Crippen molar-refractivity contribution in [1.82, 2.24) is 0 Å². The molecule has 1 nitrogen and oxygen atoms in total. The molecular weight excluding hydrogens is 196 g/mol. The summed E-state index contributed by atoms with van der Waals surface area (Å²) in [5.74, 6) is 3.50. The van der Waals surface area contributed by atoms with Crippen molar-refractivity contribution in [3.63, 3.8) is 0 Å². The quantitative estimate of drug-likeness (QED) is 0.773. The fourth-order valence-electron chi connectivity index (χ4n) is 5.22. The van der Waals surface area contributed by atoms with Gasteiger partial charge in [-0.25, -0.2) is 0 Å². The number of aliphatic hydroxyl groups excluding tert-OH is 1. The molecule has 1 unspecified atom stereocenters. The average molecular weight is 222 g/mol. The molecular formula is C15H26O. The predicted molar refractivity (Wildman–Crippen MR) is 66.1 cm³/mol. The SMILES string of the molecule is CC(C)C(O)CC12CC3CC(CC(C3)C1)C2. The lowest BCUT2D eigenvalue weighted by molar-refractivity contribution is -0.0813. The van der Waals surface area contributed by atoms with E-state index in [0.717, 1.165) is 24.2 Å². The van der Waals surface area contributed by atoms with Gasteiger partial charge in [-0.3, -0.25) is 0 Å². The molecule has 4 fully saturated rings. The smallest absolute Gasteiger partial charge is 0.0568 e. The Hall–Kier alpha value is -0.0400. The third kappa shape index (κ3) is 1.81. The van der Waals surface area contributed by atoms with E-state index in [2.05, 4.69) is 13.8 Å². The summed E-state index contributed by atoms with van der Waals surface area (Å²) in [5, 5.41) is 10.2.